The van der Waals surface area contributed by atoms with E-state index in [9.17, 15) is 9.59 Å². The first-order chi connectivity index (χ1) is 13.8. The fourth-order valence-electron chi connectivity index (χ4n) is 3.86. The lowest BCUT2D eigenvalue weighted by molar-refractivity contribution is -0.121. The Balaban J connectivity index is 1.55. The van der Waals surface area contributed by atoms with Gasteiger partial charge in [0.1, 0.15) is 11.3 Å². The van der Waals surface area contributed by atoms with Gasteiger partial charge in [0.05, 0.1) is 30.3 Å². The maximum atomic E-state index is 12.4. The molecule has 0 spiro atoms. The van der Waals surface area contributed by atoms with Crippen LogP contribution in [0.3, 0.4) is 0 Å². The van der Waals surface area contributed by atoms with Gasteiger partial charge >= 0.3 is 12.0 Å². The average Bonchev–Trinajstić information content (AvgIpc) is 3.16. The second-order valence-electron chi connectivity index (χ2n) is 7.83. The van der Waals surface area contributed by atoms with Crippen LogP contribution in [0.25, 0.3) is 0 Å². The molecular formula is C21H24N4O4. The number of hydrogen-bond donors (Lipinski definition) is 1. The van der Waals surface area contributed by atoms with Gasteiger partial charge in [0.2, 0.25) is 0 Å². The molecule has 0 aliphatic carbocycles. The van der Waals surface area contributed by atoms with E-state index in [-0.39, 0.29) is 17.5 Å². The Hall–Kier alpha value is -3.00. The maximum absolute atomic E-state index is 12.4. The van der Waals surface area contributed by atoms with Crippen LogP contribution in [0.5, 0.6) is 11.8 Å². The lowest BCUT2D eigenvalue weighted by atomic mass is 9.87. The number of anilines is 1. The Morgan fingerprint density at radius 2 is 1.86 bits per heavy atom. The van der Waals surface area contributed by atoms with Crippen LogP contribution in [0, 0.1) is 0 Å². The third kappa shape index (κ3) is 3.13. The third-order valence-corrected chi connectivity index (χ3v) is 5.66. The third-order valence-electron chi connectivity index (χ3n) is 5.66. The summed E-state index contributed by atoms with van der Waals surface area (Å²) in [5.41, 5.74) is 1.36. The zero-order valence-electron chi connectivity index (χ0n) is 17.0. The van der Waals surface area contributed by atoms with Gasteiger partial charge in [-0.2, -0.15) is 0 Å². The monoisotopic (exact) mass is 396 g/mol. The molecule has 2 aliphatic heterocycles. The van der Waals surface area contributed by atoms with Crippen molar-refractivity contribution in [2.75, 3.05) is 4.90 Å². The molecule has 8 heteroatoms. The van der Waals surface area contributed by atoms with Gasteiger partial charge in [-0.1, -0.05) is 19.9 Å². The van der Waals surface area contributed by atoms with Crippen LogP contribution in [-0.2, 0) is 21.7 Å². The van der Waals surface area contributed by atoms with Crippen molar-refractivity contribution in [1.29, 1.82) is 0 Å². The highest BCUT2D eigenvalue weighted by molar-refractivity contribution is 6.22. The van der Waals surface area contributed by atoms with E-state index in [1.165, 1.54) is 18.0 Å². The van der Waals surface area contributed by atoms with Gasteiger partial charge in [0.15, 0.2) is 0 Å². The second-order valence-corrected chi connectivity index (χ2v) is 7.83. The summed E-state index contributed by atoms with van der Waals surface area (Å²) in [6.07, 6.45) is 4.57. The smallest absolute Gasteiger partial charge is 0.329 e. The zero-order valence-corrected chi connectivity index (χ0v) is 17.0. The van der Waals surface area contributed by atoms with E-state index in [0.29, 0.717) is 18.0 Å². The predicted molar refractivity (Wildman–Crippen MR) is 106 cm³/mol. The van der Waals surface area contributed by atoms with E-state index >= 15 is 0 Å². The lowest BCUT2D eigenvalue weighted by Crippen LogP contribution is -2.40. The molecule has 3 heterocycles. The first-order valence-corrected chi connectivity index (χ1v) is 9.73. The molecule has 1 N–H and O–H groups in total. The summed E-state index contributed by atoms with van der Waals surface area (Å²) in [7, 11) is 0. The number of nitrogens with zero attached hydrogens (tertiary/aromatic N) is 3. The van der Waals surface area contributed by atoms with E-state index in [4.69, 9.17) is 9.47 Å². The maximum Gasteiger partial charge on any atom is 0.329 e. The van der Waals surface area contributed by atoms with E-state index in [1.54, 1.807) is 13.8 Å². The highest BCUT2D eigenvalue weighted by Gasteiger charge is 2.45. The molecule has 3 amide bonds. The molecule has 0 radical (unpaired) electrons. The molecule has 29 heavy (non-hydrogen) atoms. The number of imide groups is 1. The van der Waals surface area contributed by atoms with Crippen LogP contribution in [0.2, 0.25) is 0 Å². The minimum Gasteiger partial charge on any atom is -0.424 e. The van der Waals surface area contributed by atoms with Crippen molar-refractivity contribution in [2.45, 2.75) is 58.3 Å². The lowest BCUT2D eigenvalue weighted by Gasteiger charge is -2.26. The number of hydrogen-bond acceptors (Lipinski definition) is 6. The molecule has 0 bridgehead atoms. The number of carbonyl (C=O) groups is 2. The normalized spacial score (nSPS) is 19.2. The minimum absolute atomic E-state index is 0.137. The van der Waals surface area contributed by atoms with Gasteiger partial charge < -0.3 is 14.8 Å². The molecule has 2 aliphatic rings. The van der Waals surface area contributed by atoms with E-state index in [2.05, 4.69) is 29.1 Å². The van der Waals surface area contributed by atoms with Gasteiger partial charge in [-0.15, -0.1) is 0 Å². The summed E-state index contributed by atoms with van der Waals surface area (Å²) < 4.78 is 11.9. The van der Waals surface area contributed by atoms with Gasteiger partial charge in [0, 0.05) is 0 Å². The van der Waals surface area contributed by atoms with Crippen LogP contribution < -0.4 is 15.0 Å². The number of ether oxygens (including phenoxy) is 2. The van der Waals surface area contributed by atoms with E-state index in [1.807, 2.05) is 18.2 Å². The molecule has 8 nitrogen and oxygen atoms in total. The molecule has 1 aromatic carbocycles. The van der Waals surface area contributed by atoms with Crippen molar-refractivity contribution < 1.29 is 19.1 Å². The largest absolute Gasteiger partial charge is 0.424 e. The molecule has 0 atom stereocenters. The number of amides is 3. The molecular weight excluding hydrogens is 372 g/mol. The summed E-state index contributed by atoms with van der Waals surface area (Å²) in [5.74, 6) is 0.262. The molecule has 1 aromatic heterocycles. The predicted octanol–water partition coefficient (Wildman–Crippen LogP) is 3.65. The standard InChI is InChI=1S/C21H24N4O4/c1-5-21(6-2)16-9-15(8-7-13(16)12-28-21)29-18-22-10-14(11-23-18)25-17(26)20(3,4)24-19(25)27/h7-11H,5-6,12H2,1-4H3,(H,24,27). The fraction of sp³-hybridized carbons (Fsp3) is 0.429. The topological polar surface area (TPSA) is 93.7 Å². The summed E-state index contributed by atoms with van der Waals surface area (Å²) >= 11 is 0. The SMILES string of the molecule is CCC1(CC)OCc2ccc(Oc3ncc(N4C(=O)NC(C)(C)C4=O)cn3)cc21. The Morgan fingerprint density at radius 1 is 1.17 bits per heavy atom. The second kappa shape index (κ2) is 6.81. The highest BCUT2D eigenvalue weighted by atomic mass is 16.5. The number of benzene rings is 1. The van der Waals surface area contributed by atoms with Gasteiger partial charge in [-0.05, 0) is 49.9 Å². The minimum atomic E-state index is -0.955. The average molecular weight is 396 g/mol. The molecule has 1 fully saturated rings. The molecule has 0 saturated carbocycles. The molecule has 1 saturated heterocycles. The Labute approximate surface area is 169 Å². The van der Waals surface area contributed by atoms with E-state index in [0.717, 1.165) is 23.3 Å². The number of rotatable bonds is 5. The van der Waals surface area contributed by atoms with Crippen LogP contribution in [0.1, 0.15) is 51.7 Å². The highest BCUT2D eigenvalue weighted by Crippen LogP contribution is 2.43. The van der Waals surface area contributed by atoms with Crippen molar-refractivity contribution >= 4 is 17.6 Å². The summed E-state index contributed by atoms with van der Waals surface area (Å²) in [4.78, 5) is 33.9. The van der Waals surface area contributed by atoms with Gasteiger partial charge in [-0.25, -0.2) is 19.7 Å². The van der Waals surface area contributed by atoms with Crippen molar-refractivity contribution in [1.82, 2.24) is 15.3 Å². The summed E-state index contributed by atoms with van der Waals surface area (Å²) in [6.45, 7) is 8.13. The van der Waals surface area contributed by atoms with Crippen molar-refractivity contribution in [3.8, 4) is 11.8 Å². The van der Waals surface area contributed by atoms with Gasteiger partial charge in [-0.3, -0.25) is 4.79 Å². The number of carbonyl (C=O) groups excluding carboxylic acids is 2. The first kappa shape index (κ1) is 19.3. The van der Waals surface area contributed by atoms with Crippen molar-refractivity contribution in [3.63, 3.8) is 0 Å². The van der Waals surface area contributed by atoms with Crippen molar-refractivity contribution in [2.24, 2.45) is 0 Å². The number of fused-ring (bicyclic) bond motifs is 1. The van der Waals surface area contributed by atoms with Crippen LogP contribution in [-0.4, -0.2) is 27.4 Å². The number of nitrogens with one attached hydrogen (secondary N) is 1. The summed E-state index contributed by atoms with van der Waals surface area (Å²) in [6, 6.07) is 5.48. The molecule has 2 aromatic rings. The van der Waals surface area contributed by atoms with Crippen LogP contribution in [0.4, 0.5) is 10.5 Å². The summed E-state index contributed by atoms with van der Waals surface area (Å²) in [5, 5.41) is 2.63. The molecule has 4 rings (SSSR count). The van der Waals surface area contributed by atoms with E-state index < -0.39 is 11.6 Å². The quantitative estimate of drug-likeness (QED) is 0.776. The first-order valence-electron chi connectivity index (χ1n) is 9.73. The number of aromatic nitrogens is 2. The number of urea groups is 1. The fourth-order valence-corrected chi connectivity index (χ4v) is 3.86. The molecule has 0 unspecified atom stereocenters. The molecule has 152 valence electrons. The zero-order chi connectivity index (χ0) is 20.8. The Bertz CT molecular complexity index is 967. The Morgan fingerprint density at radius 3 is 2.45 bits per heavy atom. The Kier molecular flexibility index (Phi) is 4.53. The van der Waals surface area contributed by atoms with Crippen molar-refractivity contribution in [3.05, 3.63) is 41.7 Å². The van der Waals surface area contributed by atoms with Crippen LogP contribution >= 0.6 is 0 Å². The van der Waals surface area contributed by atoms with Gasteiger partial charge in [0.25, 0.3) is 5.91 Å². The van der Waals surface area contributed by atoms with Crippen LogP contribution in [0.15, 0.2) is 30.6 Å².